The molecule has 4 rings (SSSR count). The van der Waals surface area contributed by atoms with Crippen LogP contribution in [0.5, 0.6) is 0 Å². The van der Waals surface area contributed by atoms with E-state index in [4.69, 9.17) is 4.42 Å². The molecule has 2 aromatic heterocycles. The number of aldehydes is 1. The number of likely N-dealkylation sites (tertiary alicyclic amines) is 1. The van der Waals surface area contributed by atoms with Crippen LogP contribution in [-0.4, -0.2) is 52.6 Å². The number of rotatable bonds is 10. The molecule has 2 N–H and O–H groups in total. The van der Waals surface area contributed by atoms with Gasteiger partial charge in [-0.1, -0.05) is 44.8 Å². The van der Waals surface area contributed by atoms with E-state index < -0.39 is 0 Å². The number of nitrogens with zero attached hydrogens (tertiary/aromatic N) is 3. The third-order valence-corrected chi connectivity index (χ3v) is 8.39. The number of piperidine rings is 1. The number of nitrogens with one attached hydrogen (secondary N) is 2. The van der Waals surface area contributed by atoms with Crippen molar-refractivity contribution < 1.29 is 18.8 Å². The van der Waals surface area contributed by atoms with Gasteiger partial charge >= 0.3 is 0 Å². The van der Waals surface area contributed by atoms with E-state index in [1.54, 1.807) is 47.3 Å². The highest BCUT2D eigenvalue weighted by Gasteiger charge is 2.28. The fourth-order valence-electron chi connectivity index (χ4n) is 3.99. The second-order valence-electron chi connectivity index (χ2n) is 10.4. The van der Waals surface area contributed by atoms with Crippen LogP contribution in [0.15, 0.2) is 57.4 Å². The summed E-state index contributed by atoms with van der Waals surface area (Å²) < 4.78 is 6.81. The van der Waals surface area contributed by atoms with Crippen LogP contribution in [0.3, 0.4) is 0 Å². The zero-order valence-electron chi connectivity index (χ0n) is 22.4. The Bertz CT molecular complexity index is 1340. The van der Waals surface area contributed by atoms with Gasteiger partial charge in [-0.25, -0.2) is 9.97 Å². The minimum Gasteiger partial charge on any atom is -0.444 e. The molecule has 0 spiro atoms. The van der Waals surface area contributed by atoms with Gasteiger partial charge < -0.3 is 20.0 Å². The summed E-state index contributed by atoms with van der Waals surface area (Å²) >= 11 is 2.99. The minimum absolute atomic E-state index is 0.0721. The fraction of sp³-hybridized carbons (Fsp3) is 0.393. The normalized spacial score (nSPS) is 14.2. The van der Waals surface area contributed by atoms with Gasteiger partial charge in [0.15, 0.2) is 5.13 Å². The molecule has 0 bridgehead atoms. The number of hydrogen-bond donors (Lipinski definition) is 2. The predicted octanol–water partition coefficient (Wildman–Crippen LogP) is 5.38. The number of benzene rings is 1. The van der Waals surface area contributed by atoms with Crippen molar-refractivity contribution in [1.82, 2.24) is 14.9 Å². The Morgan fingerprint density at radius 3 is 2.69 bits per heavy atom. The van der Waals surface area contributed by atoms with Gasteiger partial charge in [-0.15, -0.1) is 11.8 Å². The van der Waals surface area contributed by atoms with Crippen LogP contribution < -0.4 is 10.6 Å². The van der Waals surface area contributed by atoms with E-state index >= 15 is 0 Å². The summed E-state index contributed by atoms with van der Waals surface area (Å²) in [7, 11) is 0. The molecule has 1 fully saturated rings. The van der Waals surface area contributed by atoms with Crippen LogP contribution in [0.4, 0.5) is 10.8 Å². The van der Waals surface area contributed by atoms with E-state index in [0.29, 0.717) is 66.7 Å². The molecule has 1 aromatic carbocycles. The molecule has 0 saturated carbocycles. The highest BCUT2D eigenvalue weighted by Crippen LogP contribution is 2.32. The lowest BCUT2D eigenvalue weighted by atomic mass is 9.94. The SMILES string of the molecule is C=C(C=O)CNc1cccc(C(=O)N2CCC(C(=O)Nc3ncc(SCc4ncc(C(C)(C)C)o4)s3)CC2)c1. The fourth-order valence-corrected chi connectivity index (χ4v) is 5.72. The monoisotopic (exact) mass is 567 g/mol. The number of anilines is 2. The molecular weight excluding hydrogens is 534 g/mol. The second-order valence-corrected chi connectivity index (χ2v) is 12.7. The van der Waals surface area contributed by atoms with Crippen molar-refractivity contribution in [3.05, 3.63) is 66.0 Å². The molecule has 0 atom stereocenters. The summed E-state index contributed by atoms with van der Waals surface area (Å²) in [6, 6.07) is 7.17. The number of hydrogen-bond acceptors (Lipinski definition) is 9. The third kappa shape index (κ3) is 7.79. The summed E-state index contributed by atoms with van der Waals surface area (Å²) in [4.78, 5) is 47.1. The maximum Gasteiger partial charge on any atom is 0.253 e. The maximum atomic E-state index is 13.0. The topological polar surface area (TPSA) is 117 Å². The van der Waals surface area contributed by atoms with Gasteiger partial charge in [0.2, 0.25) is 11.8 Å². The molecule has 1 aliphatic rings. The number of carbonyl (C=O) groups excluding carboxylic acids is 3. The van der Waals surface area contributed by atoms with Crippen LogP contribution >= 0.6 is 23.1 Å². The van der Waals surface area contributed by atoms with Crippen molar-refractivity contribution in [2.24, 2.45) is 5.92 Å². The molecule has 0 unspecified atom stereocenters. The van der Waals surface area contributed by atoms with Crippen molar-refractivity contribution in [1.29, 1.82) is 0 Å². The summed E-state index contributed by atoms with van der Waals surface area (Å²) in [6.07, 6.45) is 5.40. The molecule has 0 aliphatic carbocycles. The molecule has 206 valence electrons. The average Bonchev–Trinajstić information content (AvgIpc) is 3.60. The Kier molecular flexibility index (Phi) is 9.24. The van der Waals surface area contributed by atoms with Gasteiger partial charge in [-0.2, -0.15) is 0 Å². The quantitative estimate of drug-likeness (QED) is 0.191. The Morgan fingerprint density at radius 2 is 2.00 bits per heavy atom. The molecule has 3 heterocycles. The van der Waals surface area contributed by atoms with Crippen LogP contribution in [0.2, 0.25) is 0 Å². The zero-order chi connectivity index (χ0) is 28.0. The number of thiazole rings is 1. The molecule has 1 aliphatic heterocycles. The minimum atomic E-state index is -0.181. The first-order chi connectivity index (χ1) is 18.6. The van der Waals surface area contributed by atoms with E-state index in [2.05, 4.69) is 48.0 Å². The molecule has 0 radical (unpaired) electrons. The van der Waals surface area contributed by atoms with Crippen LogP contribution in [-0.2, 0) is 20.8 Å². The molecule has 39 heavy (non-hydrogen) atoms. The number of thioether (sulfide) groups is 1. The van der Waals surface area contributed by atoms with Crippen molar-refractivity contribution in [2.45, 2.75) is 49.0 Å². The van der Waals surface area contributed by atoms with Crippen LogP contribution in [0, 0.1) is 5.92 Å². The average molecular weight is 568 g/mol. The van der Waals surface area contributed by atoms with E-state index in [1.165, 1.54) is 11.3 Å². The molecule has 3 aromatic rings. The molecule has 1 saturated heterocycles. The van der Waals surface area contributed by atoms with E-state index in [-0.39, 0.29) is 23.1 Å². The highest BCUT2D eigenvalue weighted by molar-refractivity contribution is 8.00. The Morgan fingerprint density at radius 1 is 1.23 bits per heavy atom. The summed E-state index contributed by atoms with van der Waals surface area (Å²) in [6.45, 7) is 11.2. The zero-order valence-corrected chi connectivity index (χ0v) is 24.0. The van der Waals surface area contributed by atoms with Gasteiger partial charge in [0.05, 0.1) is 22.4 Å². The first-order valence-electron chi connectivity index (χ1n) is 12.7. The lowest BCUT2D eigenvalue weighted by molar-refractivity contribution is -0.121. The lowest BCUT2D eigenvalue weighted by Gasteiger charge is -2.31. The molecule has 11 heteroatoms. The maximum absolute atomic E-state index is 13.0. The smallest absolute Gasteiger partial charge is 0.253 e. The Balaban J connectivity index is 1.24. The van der Waals surface area contributed by atoms with Gasteiger partial charge in [-0.05, 0) is 31.0 Å². The number of aromatic nitrogens is 2. The summed E-state index contributed by atoms with van der Waals surface area (Å²) in [5.74, 6) is 1.78. The second kappa shape index (κ2) is 12.6. The summed E-state index contributed by atoms with van der Waals surface area (Å²) in [5.41, 5.74) is 1.65. The first kappa shape index (κ1) is 28.6. The van der Waals surface area contributed by atoms with Crippen molar-refractivity contribution in [3.63, 3.8) is 0 Å². The van der Waals surface area contributed by atoms with Crippen LogP contribution in [0.25, 0.3) is 0 Å². The summed E-state index contributed by atoms with van der Waals surface area (Å²) in [5, 5.41) is 6.59. The van der Waals surface area contributed by atoms with Crippen molar-refractivity contribution in [3.8, 4) is 0 Å². The molecular formula is C28H33N5O4S2. The number of amides is 2. The van der Waals surface area contributed by atoms with Crippen molar-refractivity contribution in [2.75, 3.05) is 30.3 Å². The Labute approximate surface area is 236 Å². The predicted molar refractivity (Wildman–Crippen MR) is 154 cm³/mol. The standard InChI is InChI=1S/C28H33N5O4S2/c1-18(16-34)13-29-21-7-5-6-20(12-21)26(36)33-10-8-19(9-11-33)25(35)32-27-31-15-24(39-27)38-17-23-30-14-22(37-23)28(2,3)4/h5-7,12,14-16,19,29H,1,8-11,13,17H2,2-4H3,(H,31,32,35). The molecule has 2 amide bonds. The van der Waals surface area contributed by atoms with Gasteiger partial charge in [0.1, 0.15) is 12.0 Å². The van der Waals surface area contributed by atoms with E-state index in [9.17, 15) is 14.4 Å². The Hall–Kier alpha value is -3.44. The highest BCUT2D eigenvalue weighted by atomic mass is 32.2. The van der Waals surface area contributed by atoms with Gasteiger partial charge in [0, 0.05) is 47.8 Å². The van der Waals surface area contributed by atoms with Gasteiger partial charge in [0.25, 0.3) is 5.91 Å². The number of carbonyl (C=O) groups is 3. The molecule has 9 nitrogen and oxygen atoms in total. The van der Waals surface area contributed by atoms with Crippen molar-refractivity contribution >= 4 is 52.0 Å². The van der Waals surface area contributed by atoms with E-state index in [1.807, 2.05) is 6.07 Å². The number of oxazole rings is 1. The van der Waals surface area contributed by atoms with Crippen LogP contribution in [0.1, 0.15) is 55.6 Å². The third-order valence-electron chi connectivity index (χ3n) is 6.29. The largest absolute Gasteiger partial charge is 0.444 e. The van der Waals surface area contributed by atoms with Gasteiger partial charge in [-0.3, -0.25) is 14.4 Å². The first-order valence-corrected chi connectivity index (χ1v) is 14.5. The lowest BCUT2D eigenvalue weighted by Crippen LogP contribution is -2.41. The van der Waals surface area contributed by atoms with E-state index in [0.717, 1.165) is 15.7 Å².